The van der Waals surface area contributed by atoms with Crippen LogP contribution in [0.1, 0.15) is 25.5 Å². The zero-order valence-electron chi connectivity index (χ0n) is 10.6. The zero-order chi connectivity index (χ0) is 12.4. The van der Waals surface area contributed by atoms with E-state index < -0.39 is 0 Å². The van der Waals surface area contributed by atoms with E-state index in [1.807, 2.05) is 18.2 Å². The Morgan fingerprint density at radius 2 is 2.06 bits per heavy atom. The molecule has 0 aliphatic heterocycles. The molecule has 1 aromatic heterocycles. The second-order valence-corrected chi connectivity index (χ2v) is 4.99. The van der Waals surface area contributed by atoms with Crippen molar-refractivity contribution in [1.82, 2.24) is 20.7 Å². The lowest BCUT2D eigenvalue weighted by Gasteiger charge is -2.11. The Labute approximate surface area is 107 Å². The Morgan fingerprint density at radius 3 is 2.78 bits per heavy atom. The molecule has 1 unspecified atom stereocenters. The zero-order valence-corrected chi connectivity index (χ0v) is 10.6. The predicted octanol–water partition coefficient (Wildman–Crippen LogP) is 2.36. The highest BCUT2D eigenvalue weighted by atomic mass is 15.3. The third kappa shape index (κ3) is 2.43. The van der Waals surface area contributed by atoms with Crippen molar-refractivity contribution < 1.29 is 0 Å². The van der Waals surface area contributed by atoms with Crippen LogP contribution in [0.4, 0.5) is 0 Å². The maximum absolute atomic E-state index is 4.25. The summed E-state index contributed by atoms with van der Waals surface area (Å²) in [6.45, 7) is 3.03. The van der Waals surface area contributed by atoms with E-state index in [1.54, 1.807) is 0 Å². The number of benzene rings is 1. The molecular formula is C14H18N4. The Kier molecular flexibility index (Phi) is 3.11. The Hall–Kier alpha value is -1.68. The molecule has 1 aliphatic carbocycles. The molecule has 2 aromatic rings. The smallest absolute Gasteiger partial charge is 0.117 e. The number of nitrogens with one attached hydrogen (secondary N) is 2. The van der Waals surface area contributed by atoms with Crippen molar-refractivity contribution in [1.29, 1.82) is 0 Å². The molecule has 0 amide bonds. The molecule has 1 aromatic carbocycles. The average Bonchev–Trinajstić information content (AvgIpc) is 3.16. The molecule has 0 saturated heterocycles. The van der Waals surface area contributed by atoms with Gasteiger partial charge in [-0.15, -0.1) is 0 Å². The van der Waals surface area contributed by atoms with Gasteiger partial charge in [-0.2, -0.15) is 15.4 Å². The molecule has 4 nitrogen and oxygen atoms in total. The maximum Gasteiger partial charge on any atom is 0.117 e. The number of H-pyrrole nitrogens is 1. The minimum Gasteiger partial charge on any atom is -0.308 e. The number of hydrogen-bond donors (Lipinski definition) is 2. The number of hydrogen-bond acceptors (Lipinski definition) is 3. The third-order valence-corrected chi connectivity index (χ3v) is 3.59. The summed E-state index contributed by atoms with van der Waals surface area (Å²) >= 11 is 0. The highest BCUT2D eigenvalue weighted by Crippen LogP contribution is 2.32. The summed E-state index contributed by atoms with van der Waals surface area (Å²) in [6.07, 6.45) is 2.72. The Balaban J connectivity index is 1.71. The second kappa shape index (κ2) is 4.90. The van der Waals surface area contributed by atoms with Crippen LogP contribution in [0.15, 0.2) is 30.3 Å². The molecule has 4 heteroatoms. The SMILES string of the molecule is CC(NCc1n[nH]nc1-c1ccccc1)C1CC1. The molecule has 1 fully saturated rings. The van der Waals surface area contributed by atoms with Crippen LogP contribution in [0, 0.1) is 5.92 Å². The van der Waals surface area contributed by atoms with Gasteiger partial charge in [0.1, 0.15) is 11.4 Å². The summed E-state index contributed by atoms with van der Waals surface area (Å²) in [4.78, 5) is 0. The predicted molar refractivity (Wildman–Crippen MR) is 70.8 cm³/mol. The highest BCUT2D eigenvalue weighted by Gasteiger charge is 2.27. The number of rotatable bonds is 5. The van der Waals surface area contributed by atoms with Gasteiger partial charge in [0.05, 0.1) is 0 Å². The molecular weight excluding hydrogens is 224 g/mol. The summed E-state index contributed by atoms with van der Waals surface area (Å²) in [7, 11) is 0. The molecule has 1 aliphatic rings. The van der Waals surface area contributed by atoms with Gasteiger partial charge in [-0.25, -0.2) is 0 Å². The molecule has 1 saturated carbocycles. The van der Waals surface area contributed by atoms with Gasteiger partial charge in [0.15, 0.2) is 0 Å². The molecule has 3 rings (SSSR count). The van der Waals surface area contributed by atoms with Crippen LogP contribution in [0.5, 0.6) is 0 Å². The molecule has 2 N–H and O–H groups in total. The first-order chi connectivity index (χ1) is 8.84. The van der Waals surface area contributed by atoms with Gasteiger partial charge in [0.25, 0.3) is 0 Å². The summed E-state index contributed by atoms with van der Waals surface area (Å²) in [5.74, 6) is 0.858. The summed E-state index contributed by atoms with van der Waals surface area (Å²) < 4.78 is 0. The van der Waals surface area contributed by atoms with E-state index in [0.717, 1.165) is 29.4 Å². The normalized spacial score (nSPS) is 16.7. The number of aromatic nitrogens is 3. The Morgan fingerprint density at radius 1 is 1.28 bits per heavy atom. The topological polar surface area (TPSA) is 53.6 Å². The summed E-state index contributed by atoms with van der Waals surface area (Å²) in [5.41, 5.74) is 3.06. The lowest BCUT2D eigenvalue weighted by atomic mass is 10.1. The van der Waals surface area contributed by atoms with Crippen molar-refractivity contribution in [3.63, 3.8) is 0 Å². The molecule has 0 bridgehead atoms. The third-order valence-electron chi connectivity index (χ3n) is 3.59. The summed E-state index contributed by atoms with van der Waals surface area (Å²) in [5, 5.41) is 14.8. The van der Waals surface area contributed by atoms with Crippen LogP contribution in [-0.4, -0.2) is 21.5 Å². The Bertz CT molecular complexity index is 502. The van der Waals surface area contributed by atoms with E-state index in [0.29, 0.717) is 6.04 Å². The first kappa shape index (κ1) is 11.4. The van der Waals surface area contributed by atoms with E-state index >= 15 is 0 Å². The second-order valence-electron chi connectivity index (χ2n) is 4.99. The quantitative estimate of drug-likeness (QED) is 0.846. The standard InChI is InChI=1S/C14H18N4/c1-10(11-7-8-11)15-9-13-14(17-18-16-13)12-5-3-2-4-6-12/h2-6,10-11,15H,7-9H2,1H3,(H,16,17,18). The van der Waals surface area contributed by atoms with E-state index in [9.17, 15) is 0 Å². The largest absolute Gasteiger partial charge is 0.308 e. The number of aromatic amines is 1. The fraction of sp³-hybridized carbons (Fsp3) is 0.429. The summed E-state index contributed by atoms with van der Waals surface area (Å²) in [6, 6.07) is 10.8. The molecule has 1 heterocycles. The first-order valence-electron chi connectivity index (χ1n) is 6.53. The van der Waals surface area contributed by atoms with Crippen LogP contribution >= 0.6 is 0 Å². The van der Waals surface area contributed by atoms with Crippen molar-refractivity contribution in [2.24, 2.45) is 5.92 Å². The van der Waals surface area contributed by atoms with Gasteiger partial charge in [0.2, 0.25) is 0 Å². The molecule has 94 valence electrons. The van der Waals surface area contributed by atoms with Gasteiger partial charge in [-0.05, 0) is 25.7 Å². The minimum absolute atomic E-state index is 0.574. The van der Waals surface area contributed by atoms with Crippen LogP contribution in [-0.2, 0) is 6.54 Å². The average molecular weight is 242 g/mol. The van der Waals surface area contributed by atoms with Crippen LogP contribution in [0.2, 0.25) is 0 Å². The molecule has 18 heavy (non-hydrogen) atoms. The fourth-order valence-electron chi connectivity index (χ4n) is 2.22. The van der Waals surface area contributed by atoms with Crippen molar-refractivity contribution in [2.75, 3.05) is 0 Å². The van der Waals surface area contributed by atoms with Crippen molar-refractivity contribution in [2.45, 2.75) is 32.4 Å². The van der Waals surface area contributed by atoms with E-state index in [1.165, 1.54) is 12.8 Å². The lowest BCUT2D eigenvalue weighted by Crippen LogP contribution is -2.27. The first-order valence-corrected chi connectivity index (χ1v) is 6.53. The van der Waals surface area contributed by atoms with Gasteiger partial charge < -0.3 is 5.32 Å². The van der Waals surface area contributed by atoms with Crippen LogP contribution in [0.3, 0.4) is 0 Å². The molecule has 0 radical (unpaired) electrons. The maximum atomic E-state index is 4.25. The van der Waals surface area contributed by atoms with Crippen LogP contribution < -0.4 is 5.32 Å². The fourth-order valence-corrected chi connectivity index (χ4v) is 2.22. The van der Waals surface area contributed by atoms with E-state index in [-0.39, 0.29) is 0 Å². The lowest BCUT2D eigenvalue weighted by molar-refractivity contribution is 0.492. The monoisotopic (exact) mass is 242 g/mol. The van der Waals surface area contributed by atoms with Crippen molar-refractivity contribution >= 4 is 0 Å². The molecule has 0 spiro atoms. The highest BCUT2D eigenvalue weighted by molar-refractivity contribution is 5.60. The van der Waals surface area contributed by atoms with E-state index in [2.05, 4.69) is 39.8 Å². The van der Waals surface area contributed by atoms with Gasteiger partial charge in [-0.3, -0.25) is 0 Å². The van der Waals surface area contributed by atoms with E-state index in [4.69, 9.17) is 0 Å². The minimum atomic E-state index is 0.574. The number of nitrogens with zero attached hydrogens (tertiary/aromatic N) is 2. The van der Waals surface area contributed by atoms with Gasteiger partial charge in [0, 0.05) is 18.2 Å². The van der Waals surface area contributed by atoms with Gasteiger partial charge in [-0.1, -0.05) is 30.3 Å². The molecule has 1 atom stereocenters. The van der Waals surface area contributed by atoms with Crippen molar-refractivity contribution in [3.05, 3.63) is 36.0 Å². The van der Waals surface area contributed by atoms with Crippen molar-refractivity contribution in [3.8, 4) is 11.3 Å². The van der Waals surface area contributed by atoms with Crippen LogP contribution in [0.25, 0.3) is 11.3 Å². The van der Waals surface area contributed by atoms with Gasteiger partial charge >= 0.3 is 0 Å².